The summed E-state index contributed by atoms with van der Waals surface area (Å²) in [5, 5.41) is 4.10. The first kappa shape index (κ1) is 6.58. The highest BCUT2D eigenvalue weighted by Crippen LogP contribution is 2.11. The maximum Gasteiger partial charge on any atom is 0.0580 e. The van der Waals surface area contributed by atoms with Gasteiger partial charge in [0.15, 0.2) is 0 Å². The van der Waals surface area contributed by atoms with Gasteiger partial charge >= 0.3 is 0 Å². The van der Waals surface area contributed by atoms with E-state index < -0.39 is 0 Å². The SMILES string of the molecule is Cn1cc(C2=NCCC2)cn1. The first-order valence-corrected chi connectivity index (χ1v) is 3.88. The molecule has 0 aromatic carbocycles. The Morgan fingerprint density at radius 2 is 2.45 bits per heavy atom. The number of aliphatic imine (C=N–C) groups is 1. The van der Waals surface area contributed by atoms with Crippen molar-refractivity contribution in [3.63, 3.8) is 0 Å². The molecule has 3 heteroatoms. The Bertz CT molecular complexity index is 285. The van der Waals surface area contributed by atoms with Crippen LogP contribution in [-0.4, -0.2) is 22.0 Å². The first-order chi connectivity index (χ1) is 5.36. The van der Waals surface area contributed by atoms with Crippen molar-refractivity contribution >= 4 is 5.71 Å². The van der Waals surface area contributed by atoms with Gasteiger partial charge in [-0.25, -0.2) is 0 Å². The van der Waals surface area contributed by atoms with Gasteiger partial charge in [0.25, 0.3) is 0 Å². The molecule has 1 aromatic heterocycles. The molecule has 0 bridgehead atoms. The van der Waals surface area contributed by atoms with Crippen LogP contribution >= 0.6 is 0 Å². The van der Waals surface area contributed by atoms with Gasteiger partial charge in [0.1, 0.15) is 0 Å². The van der Waals surface area contributed by atoms with E-state index in [4.69, 9.17) is 0 Å². The highest BCUT2D eigenvalue weighted by molar-refractivity contribution is 6.01. The highest BCUT2D eigenvalue weighted by atomic mass is 15.2. The summed E-state index contributed by atoms with van der Waals surface area (Å²) in [7, 11) is 1.93. The minimum absolute atomic E-state index is 0.990. The molecule has 11 heavy (non-hydrogen) atoms. The van der Waals surface area contributed by atoms with Crippen molar-refractivity contribution in [1.82, 2.24) is 9.78 Å². The summed E-state index contributed by atoms with van der Waals surface area (Å²) in [6, 6.07) is 0. The Morgan fingerprint density at radius 1 is 1.55 bits per heavy atom. The van der Waals surface area contributed by atoms with Crippen LogP contribution < -0.4 is 0 Å². The molecule has 0 saturated carbocycles. The molecular weight excluding hydrogens is 138 g/mol. The van der Waals surface area contributed by atoms with Gasteiger partial charge in [0.05, 0.1) is 6.20 Å². The van der Waals surface area contributed by atoms with Crippen molar-refractivity contribution in [1.29, 1.82) is 0 Å². The minimum atomic E-state index is 0.990. The fourth-order valence-corrected chi connectivity index (χ4v) is 1.35. The van der Waals surface area contributed by atoms with Gasteiger partial charge in [-0.3, -0.25) is 9.67 Å². The van der Waals surface area contributed by atoms with Gasteiger partial charge in [-0.1, -0.05) is 0 Å². The Morgan fingerprint density at radius 3 is 3.00 bits per heavy atom. The van der Waals surface area contributed by atoms with E-state index in [0.29, 0.717) is 0 Å². The normalized spacial score (nSPS) is 17.0. The zero-order valence-corrected chi connectivity index (χ0v) is 6.62. The lowest BCUT2D eigenvalue weighted by Crippen LogP contribution is -1.93. The lowest BCUT2D eigenvalue weighted by atomic mass is 10.1. The Kier molecular flexibility index (Phi) is 1.49. The van der Waals surface area contributed by atoms with E-state index in [1.165, 1.54) is 17.7 Å². The zero-order valence-electron chi connectivity index (χ0n) is 6.62. The number of aromatic nitrogens is 2. The number of aryl methyl sites for hydroxylation is 1. The third kappa shape index (κ3) is 1.18. The van der Waals surface area contributed by atoms with Crippen LogP contribution in [0.1, 0.15) is 18.4 Å². The third-order valence-electron chi connectivity index (χ3n) is 1.91. The van der Waals surface area contributed by atoms with E-state index in [-0.39, 0.29) is 0 Å². The molecule has 0 amide bonds. The van der Waals surface area contributed by atoms with Gasteiger partial charge in [0, 0.05) is 31.1 Å². The quantitative estimate of drug-likeness (QED) is 0.586. The van der Waals surface area contributed by atoms with E-state index in [2.05, 4.69) is 10.1 Å². The maximum absolute atomic E-state index is 4.38. The molecule has 0 spiro atoms. The minimum Gasteiger partial charge on any atom is -0.289 e. The summed E-state index contributed by atoms with van der Waals surface area (Å²) in [4.78, 5) is 4.38. The molecule has 0 atom stereocenters. The van der Waals surface area contributed by atoms with E-state index in [9.17, 15) is 0 Å². The molecule has 2 rings (SSSR count). The number of hydrogen-bond donors (Lipinski definition) is 0. The zero-order chi connectivity index (χ0) is 7.68. The monoisotopic (exact) mass is 149 g/mol. The van der Waals surface area contributed by atoms with Crippen molar-refractivity contribution in [3.8, 4) is 0 Å². The lowest BCUT2D eigenvalue weighted by molar-refractivity contribution is 0.767. The van der Waals surface area contributed by atoms with Gasteiger partial charge in [-0.2, -0.15) is 5.10 Å². The molecule has 1 aromatic rings. The van der Waals surface area contributed by atoms with Gasteiger partial charge in [-0.05, 0) is 12.8 Å². The number of hydrogen-bond acceptors (Lipinski definition) is 2. The van der Waals surface area contributed by atoms with Crippen molar-refractivity contribution in [2.75, 3.05) is 6.54 Å². The molecule has 0 saturated heterocycles. The van der Waals surface area contributed by atoms with Crippen LogP contribution in [0.15, 0.2) is 17.4 Å². The van der Waals surface area contributed by atoms with E-state index in [1.807, 2.05) is 24.1 Å². The van der Waals surface area contributed by atoms with Crippen LogP contribution in [0.5, 0.6) is 0 Å². The number of nitrogens with zero attached hydrogens (tertiary/aromatic N) is 3. The van der Waals surface area contributed by atoms with Crippen LogP contribution in [0.25, 0.3) is 0 Å². The summed E-state index contributed by atoms with van der Waals surface area (Å²) in [5.41, 5.74) is 2.41. The molecule has 0 aliphatic carbocycles. The maximum atomic E-state index is 4.38. The fraction of sp³-hybridized carbons (Fsp3) is 0.500. The van der Waals surface area contributed by atoms with Crippen LogP contribution in [-0.2, 0) is 7.05 Å². The van der Waals surface area contributed by atoms with Crippen LogP contribution in [0.4, 0.5) is 0 Å². The molecule has 0 N–H and O–H groups in total. The van der Waals surface area contributed by atoms with Crippen molar-refractivity contribution in [2.45, 2.75) is 12.8 Å². The Hall–Kier alpha value is -1.12. The predicted molar refractivity (Wildman–Crippen MR) is 43.8 cm³/mol. The van der Waals surface area contributed by atoms with Gasteiger partial charge in [-0.15, -0.1) is 0 Å². The highest BCUT2D eigenvalue weighted by Gasteiger charge is 2.09. The molecule has 1 aliphatic rings. The Balaban J connectivity index is 2.28. The largest absolute Gasteiger partial charge is 0.289 e. The standard InChI is InChI=1S/C8H11N3/c1-11-6-7(5-10-11)8-3-2-4-9-8/h5-6H,2-4H2,1H3. The first-order valence-electron chi connectivity index (χ1n) is 3.88. The van der Waals surface area contributed by atoms with Crippen LogP contribution in [0, 0.1) is 0 Å². The van der Waals surface area contributed by atoms with Gasteiger partial charge < -0.3 is 0 Å². The lowest BCUT2D eigenvalue weighted by Gasteiger charge is -1.91. The molecule has 58 valence electrons. The van der Waals surface area contributed by atoms with E-state index in [1.54, 1.807) is 0 Å². The van der Waals surface area contributed by atoms with Crippen LogP contribution in [0.3, 0.4) is 0 Å². The predicted octanol–water partition coefficient (Wildman–Crippen LogP) is 1.00. The molecule has 0 unspecified atom stereocenters. The molecule has 0 fully saturated rings. The summed E-state index contributed by atoms with van der Waals surface area (Å²) < 4.78 is 1.82. The van der Waals surface area contributed by atoms with E-state index in [0.717, 1.165) is 13.0 Å². The fourth-order valence-electron chi connectivity index (χ4n) is 1.35. The summed E-state index contributed by atoms with van der Waals surface area (Å²) >= 11 is 0. The molecule has 1 aliphatic heterocycles. The van der Waals surface area contributed by atoms with Crippen molar-refractivity contribution in [2.24, 2.45) is 12.0 Å². The summed E-state index contributed by atoms with van der Waals surface area (Å²) in [6.45, 7) is 0.990. The average molecular weight is 149 g/mol. The van der Waals surface area contributed by atoms with Crippen molar-refractivity contribution < 1.29 is 0 Å². The topological polar surface area (TPSA) is 30.2 Å². The van der Waals surface area contributed by atoms with Gasteiger partial charge in [0.2, 0.25) is 0 Å². The summed E-state index contributed by atoms with van der Waals surface area (Å²) in [6.07, 6.45) is 6.21. The molecule has 0 radical (unpaired) electrons. The molecule has 2 heterocycles. The average Bonchev–Trinajstić information content (AvgIpc) is 2.55. The van der Waals surface area contributed by atoms with Crippen molar-refractivity contribution in [3.05, 3.63) is 18.0 Å². The number of rotatable bonds is 1. The van der Waals surface area contributed by atoms with E-state index >= 15 is 0 Å². The smallest absolute Gasteiger partial charge is 0.0580 e. The third-order valence-corrected chi connectivity index (χ3v) is 1.91. The molecular formula is C8H11N3. The summed E-state index contributed by atoms with van der Waals surface area (Å²) in [5.74, 6) is 0. The Labute approximate surface area is 65.8 Å². The second-order valence-corrected chi connectivity index (χ2v) is 2.83. The van der Waals surface area contributed by atoms with Crippen LogP contribution in [0.2, 0.25) is 0 Å². The molecule has 3 nitrogen and oxygen atoms in total. The second-order valence-electron chi connectivity index (χ2n) is 2.83. The second kappa shape index (κ2) is 2.49.